The molecular formula is C19H25N3O. The van der Waals surface area contributed by atoms with E-state index in [9.17, 15) is 4.79 Å². The summed E-state index contributed by atoms with van der Waals surface area (Å²) in [4.78, 5) is 12.3. The monoisotopic (exact) mass is 311 g/mol. The number of nitrogens with zero attached hydrogens (tertiary/aromatic N) is 2. The lowest BCUT2D eigenvalue weighted by atomic mass is 9.93. The van der Waals surface area contributed by atoms with Gasteiger partial charge in [-0.3, -0.25) is 4.79 Å². The van der Waals surface area contributed by atoms with Gasteiger partial charge in [-0.25, -0.2) is 4.68 Å². The zero-order valence-electron chi connectivity index (χ0n) is 14.0. The third-order valence-electron chi connectivity index (χ3n) is 4.40. The molecule has 0 saturated heterocycles. The maximum atomic E-state index is 12.3. The van der Waals surface area contributed by atoms with Crippen molar-refractivity contribution in [3.05, 3.63) is 63.1 Å². The fourth-order valence-electron chi connectivity index (χ4n) is 3.20. The molecule has 0 saturated carbocycles. The van der Waals surface area contributed by atoms with Crippen LogP contribution in [0.3, 0.4) is 0 Å². The molecular weight excluding hydrogens is 286 g/mol. The number of aromatic nitrogens is 2. The van der Waals surface area contributed by atoms with Crippen LogP contribution in [0.15, 0.2) is 35.1 Å². The van der Waals surface area contributed by atoms with E-state index in [-0.39, 0.29) is 11.6 Å². The highest BCUT2D eigenvalue weighted by atomic mass is 16.1. The van der Waals surface area contributed by atoms with E-state index in [4.69, 9.17) is 5.73 Å². The van der Waals surface area contributed by atoms with E-state index in [2.05, 4.69) is 43.2 Å². The molecule has 122 valence electrons. The van der Waals surface area contributed by atoms with E-state index >= 15 is 0 Å². The fourth-order valence-corrected chi connectivity index (χ4v) is 3.20. The first-order chi connectivity index (χ1) is 11.0. The second-order valence-corrected chi connectivity index (χ2v) is 7.03. The Labute approximate surface area is 137 Å². The van der Waals surface area contributed by atoms with Gasteiger partial charge in [0.05, 0.1) is 12.2 Å². The van der Waals surface area contributed by atoms with Crippen LogP contribution in [-0.4, -0.2) is 15.8 Å². The number of hydrogen-bond acceptors (Lipinski definition) is 3. The SMILES string of the molecule is CC(C)Cc1ccc(Cn2nc3c(cc2=O)CC(N)CC3)cc1. The van der Waals surface area contributed by atoms with Crippen molar-refractivity contribution in [2.24, 2.45) is 11.7 Å². The number of aryl methyl sites for hydroxylation is 1. The van der Waals surface area contributed by atoms with Crippen LogP contribution in [0.4, 0.5) is 0 Å². The van der Waals surface area contributed by atoms with Crippen LogP contribution >= 0.6 is 0 Å². The van der Waals surface area contributed by atoms with E-state index in [1.165, 1.54) is 5.56 Å². The molecule has 1 heterocycles. The normalized spacial score (nSPS) is 17.3. The maximum Gasteiger partial charge on any atom is 0.267 e. The van der Waals surface area contributed by atoms with Gasteiger partial charge in [-0.05, 0) is 48.3 Å². The number of benzene rings is 1. The smallest absolute Gasteiger partial charge is 0.267 e. The van der Waals surface area contributed by atoms with E-state index in [0.29, 0.717) is 12.5 Å². The van der Waals surface area contributed by atoms with Crippen molar-refractivity contribution in [3.63, 3.8) is 0 Å². The molecule has 0 bridgehead atoms. The third kappa shape index (κ3) is 3.88. The number of nitrogens with two attached hydrogens (primary N) is 1. The van der Waals surface area contributed by atoms with Crippen molar-refractivity contribution in [1.82, 2.24) is 9.78 Å². The Hall–Kier alpha value is -1.94. The minimum atomic E-state index is -0.0379. The topological polar surface area (TPSA) is 60.9 Å². The summed E-state index contributed by atoms with van der Waals surface area (Å²) in [5, 5.41) is 4.56. The predicted molar refractivity (Wildman–Crippen MR) is 92.6 cm³/mol. The minimum absolute atomic E-state index is 0.0379. The molecule has 0 amide bonds. The van der Waals surface area contributed by atoms with Crippen LogP contribution in [0, 0.1) is 5.92 Å². The lowest BCUT2D eigenvalue weighted by molar-refractivity contribution is 0.529. The quantitative estimate of drug-likeness (QED) is 0.942. The summed E-state index contributed by atoms with van der Waals surface area (Å²) in [7, 11) is 0. The standard InChI is InChI=1S/C19H25N3O/c1-13(2)9-14-3-5-15(6-4-14)12-22-19(23)11-16-10-17(20)7-8-18(16)21-22/h3-6,11,13,17H,7-10,12,20H2,1-2H3. The number of hydrogen-bond donors (Lipinski definition) is 1. The molecule has 0 aliphatic heterocycles. The summed E-state index contributed by atoms with van der Waals surface area (Å²) in [6.45, 7) is 4.97. The Balaban J connectivity index is 1.79. The molecule has 4 nitrogen and oxygen atoms in total. The van der Waals surface area contributed by atoms with Gasteiger partial charge in [0.2, 0.25) is 0 Å². The van der Waals surface area contributed by atoms with E-state index in [1.807, 2.05) is 0 Å². The van der Waals surface area contributed by atoms with Gasteiger partial charge in [0, 0.05) is 12.1 Å². The average Bonchev–Trinajstić information content (AvgIpc) is 2.49. The summed E-state index contributed by atoms with van der Waals surface area (Å²) >= 11 is 0. The van der Waals surface area contributed by atoms with Crippen LogP contribution in [0.1, 0.15) is 42.7 Å². The van der Waals surface area contributed by atoms with Gasteiger partial charge in [-0.2, -0.15) is 5.10 Å². The van der Waals surface area contributed by atoms with Gasteiger partial charge in [0.25, 0.3) is 5.56 Å². The lowest BCUT2D eigenvalue weighted by Gasteiger charge is -2.21. The second-order valence-electron chi connectivity index (χ2n) is 7.03. The molecule has 1 aromatic heterocycles. The molecule has 1 aromatic carbocycles. The first-order valence-electron chi connectivity index (χ1n) is 8.44. The van der Waals surface area contributed by atoms with Crippen molar-refractivity contribution in [2.45, 2.75) is 52.1 Å². The molecule has 23 heavy (non-hydrogen) atoms. The van der Waals surface area contributed by atoms with Crippen LogP contribution in [-0.2, 0) is 25.8 Å². The summed E-state index contributed by atoms with van der Waals surface area (Å²) in [5.74, 6) is 0.650. The van der Waals surface area contributed by atoms with Crippen molar-refractivity contribution in [1.29, 1.82) is 0 Å². The summed E-state index contributed by atoms with van der Waals surface area (Å²) < 4.78 is 1.58. The molecule has 1 aliphatic rings. The largest absolute Gasteiger partial charge is 0.327 e. The zero-order chi connectivity index (χ0) is 16.4. The van der Waals surface area contributed by atoms with Crippen LogP contribution in [0.2, 0.25) is 0 Å². The zero-order valence-corrected chi connectivity index (χ0v) is 14.0. The van der Waals surface area contributed by atoms with Crippen molar-refractivity contribution < 1.29 is 0 Å². The van der Waals surface area contributed by atoms with Gasteiger partial charge in [0.15, 0.2) is 0 Å². The Morgan fingerprint density at radius 2 is 1.96 bits per heavy atom. The summed E-state index contributed by atoms with van der Waals surface area (Å²) in [6, 6.07) is 10.4. The fraction of sp³-hybridized carbons (Fsp3) is 0.474. The van der Waals surface area contributed by atoms with Gasteiger partial charge in [0.1, 0.15) is 0 Å². The van der Waals surface area contributed by atoms with E-state index < -0.39 is 0 Å². The van der Waals surface area contributed by atoms with Crippen LogP contribution in [0.25, 0.3) is 0 Å². The lowest BCUT2D eigenvalue weighted by Crippen LogP contribution is -2.33. The Morgan fingerprint density at radius 3 is 2.65 bits per heavy atom. The third-order valence-corrected chi connectivity index (χ3v) is 4.40. The van der Waals surface area contributed by atoms with Gasteiger partial charge >= 0.3 is 0 Å². The first-order valence-corrected chi connectivity index (χ1v) is 8.44. The molecule has 4 heteroatoms. The molecule has 1 unspecified atom stereocenters. The van der Waals surface area contributed by atoms with E-state index in [1.54, 1.807) is 10.7 Å². The molecule has 1 aliphatic carbocycles. The summed E-state index contributed by atoms with van der Waals surface area (Å²) in [5.41, 5.74) is 10.4. The Bertz CT molecular complexity index is 731. The highest BCUT2D eigenvalue weighted by Gasteiger charge is 2.18. The second kappa shape index (κ2) is 6.67. The molecule has 0 spiro atoms. The molecule has 2 N–H and O–H groups in total. The van der Waals surface area contributed by atoms with Crippen molar-refractivity contribution in [2.75, 3.05) is 0 Å². The van der Waals surface area contributed by atoms with E-state index in [0.717, 1.165) is 42.5 Å². The molecule has 3 rings (SSSR count). The van der Waals surface area contributed by atoms with Crippen LogP contribution in [0.5, 0.6) is 0 Å². The Kier molecular flexibility index (Phi) is 4.62. The Morgan fingerprint density at radius 1 is 1.26 bits per heavy atom. The van der Waals surface area contributed by atoms with Gasteiger partial charge in [-0.1, -0.05) is 38.1 Å². The average molecular weight is 311 g/mol. The summed E-state index contributed by atoms with van der Waals surface area (Å²) in [6.07, 6.45) is 3.66. The maximum absolute atomic E-state index is 12.3. The van der Waals surface area contributed by atoms with Crippen molar-refractivity contribution >= 4 is 0 Å². The first kappa shape index (κ1) is 15.9. The minimum Gasteiger partial charge on any atom is -0.327 e. The highest BCUT2D eigenvalue weighted by molar-refractivity contribution is 5.25. The van der Waals surface area contributed by atoms with Gasteiger partial charge in [-0.15, -0.1) is 0 Å². The highest BCUT2D eigenvalue weighted by Crippen LogP contribution is 2.17. The molecule has 1 atom stereocenters. The van der Waals surface area contributed by atoms with Crippen LogP contribution < -0.4 is 11.3 Å². The van der Waals surface area contributed by atoms with Gasteiger partial charge < -0.3 is 5.73 Å². The number of rotatable bonds is 4. The molecule has 0 radical (unpaired) electrons. The number of fused-ring (bicyclic) bond motifs is 1. The predicted octanol–water partition coefficient (Wildman–Crippen LogP) is 2.31. The van der Waals surface area contributed by atoms with Crippen molar-refractivity contribution in [3.8, 4) is 0 Å². The molecule has 0 fully saturated rings. The molecule has 2 aromatic rings.